The standard InChI is InChI=1S/C26H23ClN6O3/c1-15-22(25(34)30-21-6-4-5-13-28-21)23(17-9-12-19(35-2)20(14-17)36-3)33-26(29-15)31-24(32-33)16-7-10-18(27)11-8-16/h4-14,23H,1-3H3,(H,28,30,34)(H,29,31,32). The molecule has 4 aromatic rings. The molecule has 182 valence electrons. The van der Waals surface area contributed by atoms with Gasteiger partial charge in [0.1, 0.15) is 11.9 Å². The van der Waals surface area contributed by atoms with Gasteiger partial charge in [0.2, 0.25) is 5.95 Å². The van der Waals surface area contributed by atoms with Crippen molar-refractivity contribution in [3.05, 3.63) is 88.7 Å². The number of hydrogen-bond acceptors (Lipinski definition) is 7. The van der Waals surface area contributed by atoms with Crippen molar-refractivity contribution in [1.82, 2.24) is 19.7 Å². The molecule has 1 amide bonds. The fourth-order valence-corrected chi connectivity index (χ4v) is 4.24. The van der Waals surface area contributed by atoms with Gasteiger partial charge in [-0.05, 0) is 61.0 Å². The summed E-state index contributed by atoms with van der Waals surface area (Å²) in [5, 5.41) is 11.5. The first-order chi connectivity index (χ1) is 17.5. The molecule has 0 bridgehead atoms. The summed E-state index contributed by atoms with van der Waals surface area (Å²) in [7, 11) is 3.14. The Morgan fingerprint density at radius 1 is 1.06 bits per heavy atom. The van der Waals surface area contributed by atoms with Crippen molar-refractivity contribution >= 4 is 29.3 Å². The Morgan fingerprint density at radius 2 is 1.83 bits per heavy atom. The zero-order valence-electron chi connectivity index (χ0n) is 19.8. The van der Waals surface area contributed by atoms with Crippen molar-refractivity contribution in [2.24, 2.45) is 0 Å². The largest absolute Gasteiger partial charge is 0.493 e. The third-order valence-corrected chi connectivity index (χ3v) is 6.08. The quantitative estimate of drug-likeness (QED) is 0.385. The molecule has 2 N–H and O–H groups in total. The van der Waals surface area contributed by atoms with E-state index in [1.807, 2.05) is 37.3 Å². The molecule has 9 nitrogen and oxygen atoms in total. The molecule has 0 radical (unpaired) electrons. The Hall–Kier alpha value is -4.37. The lowest BCUT2D eigenvalue weighted by Gasteiger charge is -2.29. The minimum Gasteiger partial charge on any atom is -0.493 e. The van der Waals surface area contributed by atoms with E-state index >= 15 is 0 Å². The smallest absolute Gasteiger partial charge is 0.257 e. The van der Waals surface area contributed by atoms with Crippen molar-refractivity contribution in [2.45, 2.75) is 13.0 Å². The Balaban J connectivity index is 1.63. The average molecular weight is 503 g/mol. The number of amides is 1. The number of halogens is 1. The third-order valence-electron chi connectivity index (χ3n) is 5.83. The number of anilines is 2. The number of hydrogen-bond donors (Lipinski definition) is 2. The fourth-order valence-electron chi connectivity index (χ4n) is 4.12. The maximum atomic E-state index is 13.6. The minimum absolute atomic E-state index is 0.312. The number of ether oxygens (including phenoxy) is 2. The number of rotatable bonds is 6. The molecule has 36 heavy (non-hydrogen) atoms. The second kappa shape index (κ2) is 9.71. The zero-order valence-corrected chi connectivity index (χ0v) is 20.6. The summed E-state index contributed by atoms with van der Waals surface area (Å²) < 4.78 is 12.6. The van der Waals surface area contributed by atoms with Gasteiger partial charge in [0.15, 0.2) is 17.3 Å². The predicted octanol–water partition coefficient (Wildman–Crippen LogP) is 4.94. The van der Waals surface area contributed by atoms with E-state index in [0.29, 0.717) is 45.4 Å². The molecule has 2 aromatic carbocycles. The molecule has 1 atom stereocenters. The van der Waals surface area contributed by atoms with Gasteiger partial charge in [-0.25, -0.2) is 9.67 Å². The number of nitrogens with one attached hydrogen (secondary N) is 2. The summed E-state index contributed by atoms with van der Waals surface area (Å²) in [6.07, 6.45) is 1.62. The van der Waals surface area contributed by atoms with E-state index in [9.17, 15) is 4.79 Å². The van der Waals surface area contributed by atoms with Crippen molar-refractivity contribution in [1.29, 1.82) is 0 Å². The van der Waals surface area contributed by atoms with E-state index in [4.69, 9.17) is 31.2 Å². The summed E-state index contributed by atoms with van der Waals surface area (Å²) in [4.78, 5) is 22.5. The molecular weight excluding hydrogens is 480 g/mol. The van der Waals surface area contributed by atoms with Crippen LogP contribution in [0.1, 0.15) is 18.5 Å². The molecule has 10 heteroatoms. The number of benzene rings is 2. The van der Waals surface area contributed by atoms with Crippen LogP contribution in [-0.4, -0.2) is 39.9 Å². The van der Waals surface area contributed by atoms with Gasteiger partial charge >= 0.3 is 0 Å². The SMILES string of the molecule is COc1ccc(C2C(C(=O)Nc3ccccn3)=C(C)Nc3nc(-c4ccc(Cl)cc4)nn32)cc1OC. The van der Waals surface area contributed by atoms with Crippen molar-refractivity contribution in [2.75, 3.05) is 24.9 Å². The van der Waals surface area contributed by atoms with Gasteiger partial charge in [-0.1, -0.05) is 23.7 Å². The molecule has 2 aromatic heterocycles. The van der Waals surface area contributed by atoms with E-state index in [0.717, 1.165) is 11.1 Å². The number of carbonyl (C=O) groups is 1. The molecular formula is C26H23ClN6O3. The van der Waals surface area contributed by atoms with Crippen LogP contribution < -0.4 is 20.1 Å². The molecule has 0 saturated heterocycles. The Bertz CT molecular complexity index is 1450. The van der Waals surface area contributed by atoms with Gasteiger partial charge < -0.3 is 20.1 Å². The number of methoxy groups -OCH3 is 2. The number of nitrogens with zero attached hydrogens (tertiary/aromatic N) is 4. The van der Waals surface area contributed by atoms with Crippen LogP contribution in [-0.2, 0) is 4.79 Å². The molecule has 0 fully saturated rings. The second-order valence-corrected chi connectivity index (χ2v) is 8.50. The topological polar surface area (TPSA) is 103 Å². The highest BCUT2D eigenvalue weighted by Crippen LogP contribution is 2.39. The molecule has 1 aliphatic heterocycles. The third kappa shape index (κ3) is 4.36. The molecule has 3 heterocycles. The van der Waals surface area contributed by atoms with Crippen LogP contribution in [0, 0.1) is 0 Å². The normalized spacial score (nSPS) is 14.6. The highest BCUT2D eigenvalue weighted by Gasteiger charge is 2.35. The van der Waals surface area contributed by atoms with Crippen LogP contribution in [0.3, 0.4) is 0 Å². The number of aromatic nitrogens is 4. The number of allylic oxidation sites excluding steroid dienone is 1. The Morgan fingerprint density at radius 3 is 2.53 bits per heavy atom. The second-order valence-electron chi connectivity index (χ2n) is 8.06. The van der Waals surface area contributed by atoms with Gasteiger partial charge in [0, 0.05) is 22.5 Å². The average Bonchev–Trinajstić information content (AvgIpc) is 3.31. The highest BCUT2D eigenvalue weighted by molar-refractivity contribution is 6.30. The lowest BCUT2D eigenvalue weighted by Crippen LogP contribution is -2.31. The number of carbonyl (C=O) groups excluding carboxylic acids is 1. The van der Waals surface area contributed by atoms with Crippen LogP contribution in [0.15, 0.2) is 78.1 Å². The lowest BCUT2D eigenvalue weighted by molar-refractivity contribution is -0.113. The molecule has 1 aliphatic rings. The first kappa shape index (κ1) is 23.4. The van der Waals surface area contributed by atoms with Crippen LogP contribution in [0.4, 0.5) is 11.8 Å². The van der Waals surface area contributed by atoms with Crippen LogP contribution in [0.2, 0.25) is 5.02 Å². The van der Waals surface area contributed by atoms with E-state index in [1.54, 1.807) is 55.4 Å². The van der Waals surface area contributed by atoms with Gasteiger partial charge in [0.05, 0.1) is 19.8 Å². The predicted molar refractivity (Wildman–Crippen MR) is 137 cm³/mol. The highest BCUT2D eigenvalue weighted by atomic mass is 35.5. The van der Waals surface area contributed by atoms with E-state index in [1.165, 1.54) is 0 Å². The Kier molecular flexibility index (Phi) is 6.30. The van der Waals surface area contributed by atoms with E-state index < -0.39 is 6.04 Å². The summed E-state index contributed by atoms with van der Waals surface area (Å²) >= 11 is 6.06. The van der Waals surface area contributed by atoms with Gasteiger partial charge in [-0.3, -0.25) is 4.79 Å². The first-order valence-corrected chi connectivity index (χ1v) is 11.5. The first-order valence-electron chi connectivity index (χ1n) is 11.1. The van der Waals surface area contributed by atoms with Gasteiger partial charge in [-0.15, -0.1) is 5.10 Å². The molecule has 0 aliphatic carbocycles. The summed E-state index contributed by atoms with van der Waals surface area (Å²) in [5.41, 5.74) is 2.68. The summed E-state index contributed by atoms with van der Waals surface area (Å²) in [6.45, 7) is 1.83. The van der Waals surface area contributed by atoms with Crippen LogP contribution in [0.5, 0.6) is 11.5 Å². The summed E-state index contributed by atoms with van der Waals surface area (Å²) in [5.74, 6) is 2.25. The molecule has 5 rings (SSSR count). The maximum absolute atomic E-state index is 13.6. The van der Waals surface area contributed by atoms with Crippen molar-refractivity contribution in [3.63, 3.8) is 0 Å². The molecule has 0 spiro atoms. The van der Waals surface area contributed by atoms with Crippen LogP contribution >= 0.6 is 11.6 Å². The Labute approximate surface area is 212 Å². The minimum atomic E-state index is -0.599. The van der Waals surface area contributed by atoms with Crippen molar-refractivity contribution < 1.29 is 14.3 Å². The van der Waals surface area contributed by atoms with Gasteiger partial charge in [0.25, 0.3) is 5.91 Å². The lowest BCUT2D eigenvalue weighted by atomic mass is 9.94. The summed E-state index contributed by atoms with van der Waals surface area (Å²) in [6, 6.07) is 17.5. The van der Waals surface area contributed by atoms with E-state index in [-0.39, 0.29) is 5.91 Å². The van der Waals surface area contributed by atoms with Crippen LogP contribution in [0.25, 0.3) is 11.4 Å². The number of pyridine rings is 1. The van der Waals surface area contributed by atoms with Crippen molar-refractivity contribution in [3.8, 4) is 22.9 Å². The van der Waals surface area contributed by atoms with Gasteiger partial charge in [-0.2, -0.15) is 4.98 Å². The molecule has 1 unspecified atom stereocenters. The zero-order chi connectivity index (χ0) is 25.2. The van der Waals surface area contributed by atoms with E-state index in [2.05, 4.69) is 15.6 Å². The monoisotopic (exact) mass is 502 g/mol. The molecule has 0 saturated carbocycles. The fraction of sp³-hybridized carbons (Fsp3) is 0.154. The number of fused-ring (bicyclic) bond motifs is 1. The maximum Gasteiger partial charge on any atom is 0.257 e.